The fourth-order valence-corrected chi connectivity index (χ4v) is 0.298. The third-order valence-electron chi connectivity index (χ3n) is 0.828. The highest BCUT2D eigenvalue weighted by molar-refractivity contribution is 5.72. The quantitative estimate of drug-likeness (QED) is 0.325. The molecule has 0 aliphatic heterocycles. The van der Waals surface area contributed by atoms with Gasteiger partial charge in [-0.2, -0.15) is 0 Å². The van der Waals surface area contributed by atoms with Crippen molar-refractivity contribution in [3.05, 3.63) is 0 Å². The molecule has 0 aliphatic carbocycles. The molecule has 0 aromatic rings. The van der Waals surface area contributed by atoms with Crippen LogP contribution in [0.5, 0.6) is 0 Å². The van der Waals surface area contributed by atoms with Crippen molar-refractivity contribution in [2.75, 3.05) is 13.7 Å². The molecule has 0 rings (SSSR count). The van der Waals surface area contributed by atoms with E-state index in [0.29, 0.717) is 6.61 Å². The van der Waals surface area contributed by atoms with Gasteiger partial charge in [-0.25, -0.2) is 5.06 Å². The van der Waals surface area contributed by atoms with Gasteiger partial charge in [-0.3, -0.25) is 10.2 Å². The van der Waals surface area contributed by atoms with Gasteiger partial charge in [0.05, 0.1) is 6.61 Å². The van der Waals surface area contributed by atoms with E-state index in [1.807, 2.05) is 6.92 Å². The van der Waals surface area contributed by atoms with Gasteiger partial charge in [-0.15, -0.1) is 0 Å². The highest BCUT2D eigenvalue weighted by Crippen LogP contribution is 1.84. The Kier molecular flexibility index (Phi) is 3.79. The summed E-state index contributed by atoms with van der Waals surface area (Å²) in [7, 11) is 1.61. The van der Waals surface area contributed by atoms with Gasteiger partial charge < -0.3 is 5.73 Å². The second-order valence-corrected chi connectivity index (χ2v) is 1.72. The molecule has 0 bridgehead atoms. The topological polar surface area (TPSA) is 62.3 Å². The number of nitrogens with two attached hydrogens (primary N) is 1. The predicted molar refractivity (Wildman–Crippen MR) is 35.9 cm³/mol. The minimum Gasteiger partial charge on any atom is -0.368 e. The molecule has 0 saturated carbocycles. The zero-order valence-electron chi connectivity index (χ0n) is 5.85. The largest absolute Gasteiger partial charge is 0.368 e. The third kappa shape index (κ3) is 3.78. The Hall–Kier alpha value is -0.770. The average Bonchev–Trinajstić information content (AvgIpc) is 1.82. The Morgan fingerprint density at radius 2 is 2.33 bits per heavy atom. The van der Waals surface area contributed by atoms with E-state index in [0.717, 1.165) is 6.42 Å². The van der Waals surface area contributed by atoms with Crippen molar-refractivity contribution in [2.45, 2.75) is 13.3 Å². The molecule has 0 aromatic heterocycles. The first-order chi connectivity index (χ1) is 4.18. The highest BCUT2D eigenvalue weighted by Gasteiger charge is 1.95. The first-order valence-electron chi connectivity index (χ1n) is 2.89. The van der Waals surface area contributed by atoms with Crippen molar-refractivity contribution in [1.29, 1.82) is 5.41 Å². The summed E-state index contributed by atoms with van der Waals surface area (Å²) in [6, 6.07) is 0. The van der Waals surface area contributed by atoms with Crippen molar-refractivity contribution in [3.63, 3.8) is 0 Å². The molecule has 9 heavy (non-hydrogen) atoms. The van der Waals surface area contributed by atoms with Crippen LogP contribution in [0, 0.1) is 5.41 Å². The average molecular weight is 131 g/mol. The summed E-state index contributed by atoms with van der Waals surface area (Å²) in [4.78, 5) is 4.94. The molecule has 0 amide bonds. The van der Waals surface area contributed by atoms with Crippen LogP contribution in [0.4, 0.5) is 0 Å². The SMILES string of the molecule is CCCON(C)C(=N)N. The summed E-state index contributed by atoms with van der Waals surface area (Å²) >= 11 is 0. The number of rotatable bonds is 3. The van der Waals surface area contributed by atoms with Crippen molar-refractivity contribution in [2.24, 2.45) is 5.73 Å². The lowest BCUT2D eigenvalue weighted by Crippen LogP contribution is -2.33. The summed E-state index contributed by atoms with van der Waals surface area (Å²) in [5, 5.41) is 8.10. The highest BCUT2D eigenvalue weighted by atomic mass is 16.7. The van der Waals surface area contributed by atoms with E-state index >= 15 is 0 Å². The molecule has 3 N–H and O–H groups in total. The maximum absolute atomic E-state index is 6.86. The molecule has 0 heterocycles. The Balaban J connectivity index is 3.27. The van der Waals surface area contributed by atoms with Gasteiger partial charge in [0, 0.05) is 7.05 Å². The third-order valence-corrected chi connectivity index (χ3v) is 0.828. The lowest BCUT2D eigenvalue weighted by atomic mass is 10.5. The van der Waals surface area contributed by atoms with Gasteiger partial charge in [-0.1, -0.05) is 6.92 Å². The second-order valence-electron chi connectivity index (χ2n) is 1.72. The molecule has 0 radical (unpaired) electrons. The minimum atomic E-state index is -0.0662. The van der Waals surface area contributed by atoms with Gasteiger partial charge in [-0.05, 0) is 6.42 Å². The van der Waals surface area contributed by atoms with Crippen LogP contribution < -0.4 is 5.73 Å². The molecule has 4 heteroatoms. The van der Waals surface area contributed by atoms with Gasteiger partial charge in [0.2, 0.25) is 5.96 Å². The van der Waals surface area contributed by atoms with Crippen LogP contribution in [-0.2, 0) is 4.84 Å². The molecular formula is C5H13N3O. The van der Waals surface area contributed by atoms with E-state index in [1.54, 1.807) is 7.05 Å². The van der Waals surface area contributed by atoms with Gasteiger partial charge in [0.1, 0.15) is 0 Å². The Morgan fingerprint density at radius 3 is 2.67 bits per heavy atom. The molecule has 0 unspecified atom stereocenters. The van der Waals surface area contributed by atoms with Gasteiger partial charge in [0.15, 0.2) is 0 Å². The lowest BCUT2D eigenvalue weighted by molar-refractivity contribution is -0.0808. The molecule has 0 saturated heterocycles. The number of hydroxylamine groups is 2. The van der Waals surface area contributed by atoms with Crippen LogP contribution in [-0.4, -0.2) is 24.7 Å². The standard InChI is InChI=1S/C5H13N3O/c1-3-4-9-8(2)5(6)7/h3-4H2,1-2H3,(H3,6,7). The van der Waals surface area contributed by atoms with Gasteiger partial charge >= 0.3 is 0 Å². The van der Waals surface area contributed by atoms with E-state index in [9.17, 15) is 0 Å². The molecular weight excluding hydrogens is 118 g/mol. The Labute approximate surface area is 55.1 Å². The normalized spacial score (nSPS) is 9.11. The maximum atomic E-state index is 6.86. The monoisotopic (exact) mass is 131 g/mol. The molecule has 0 fully saturated rings. The van der Waals surface area contributed by atoms with Crippen LogP contribution in [0.25, 0.3) is 0 Å². The summed E-state index contributed by atoms with van der Waals surface area (Å²) in [5.41, 5.74) is 5.06. The molecule has 0 aliphatic rings. The Morgan fingerprint density at radius 1 is 1.78 bits per heavy atom. The van der Waals surface area contributed by atoms with Crippen LogP contribution >= 0.6 is 0 Å². The van der Waals surface area contributed by atoms with E-state index in [-0.39, 0.29) is 5.96 Å². The second kappa shape index (κ2) is 4.14. The van der Waals surface area contributed by atoms with Crippen molar-refractivity contribution in [1.82, 2.24) is 5.06 Å². The number of nitrogens with zero attached hydrogens (tertiary/aromatic N) is 1. The predicted octanol–water partition coefficient (Wildman–Crippen LogP) is 0.153. The summed E-state index contributed by atoms with van der Waals surface area (Å²) < 4.78 is 0. The van der Waals surface area contributed by atoms with E-state index < -0.39 is 0 Å². The maximum Gasteiger partial charge on any atom is 0.212 e. The van der Waals surface area contributed by atoms with Crippen LogP contribution in [0.2, 0.25) is 0 Å². The van der Waals surface area contributed by atoms with Crippen LogP contribution in [0.1, 0.15) is 13.3 Å². The van der Waals surface area contributed by atoms with Crippen molar-refractivity contribution >= 4 is 5.96 Å². The van der Waals surface area contributed by atoms with Crippen molar-refractivity contribution < 1.29 is 4.84 Å². The zero-order valence-corrected chi connectivity index (χ0v) is 5.85. The summed E-state index contributed by atoms with van der Waals surface area (Å²) in [6.07, 6.45) is 0.928. The smallest absolute Gasteiger partial charge is 0.212 e. The minimum absolute atomic E-state index is 0.0662. The Bertz CT molecular complexity index is 94.2. The van der Waals surface area contributed by atoms with Crippen molar-refractivity contribution in [3.8, 4) is 0 Å². The van der Waals surface area contributed by atoms with Crippen LogP contribution in [0.15, 0.2) is 0 Å². The molecule has 0 aromatic carbocycles. The zero-order chi connectivity index (χ0) is 7.28. The number of hydrogen-bond acceptors (Lipinski definition) is 2. The fourth-order valence-electron chi connectivity index (χ4n) is 0.298. The number of nitrogens with one attached hydrogen (secondary N) is 1. The van der Waals surface area contributed by atoms with E-state index in [4.69, 9.17) is 16.0 Å². The molecule has 0 atom stereocenters. The lowest BCUT2D eigenvalue weighted by Gasteiger charge is -2.14. The molecule has 0 spiro atoms. The fraction of sp³-hybridized carbons (Fsp3) is 0.800. The molecule has 54 valence electrons. The first-order valence-corrected chi connectivity index (χ1v) is 2.89. The first kappa shape index (κ1) is 8.23. The van der Waals surface area contributed by atoms with Gasteiger partial charge in [0.25, 0.3) is 0 Å². The van der Waals surface area contributed by atoms with Crippen LogP contribution in [0.3, 0.4) is 0 Å². The molecule has 4 nitrogen and oxygen atoms in total. The number of guanidine groups is 1. The number of hydrogen-bond donors (Lipinski definition) is 2. The van der Waals surface area contributed by atoms with E-state index in [1.165, 1.54) is 5.06 Å². The summed E-state index contributed by atoms with van der Waals surface area (Å²) in [5.74, 6) is -0.0662. The van der Waals surface area contributed by atoms with E-state index in [2.05, 4.69) is 0 Å². The summed E-state index contributed by atoms with van der Waals surface area (Å²) in [6.45, 7) is 2.60.